The van der Waals surface area contributed by atoms with Gasteiger partial charge in [0, 0.05) is 25.2 Å². The van der Waals surface area contributed by atoms with Gasteiger partial charge in [0.15, 0.2) is 12.0 Å². The van der Waals surface area contributed by atoms with E-state index in [4.69, 9.17) is 5.11 Å². The fraction of sp³-hybridized carbons (Fsp3) is 0.762. The number of unbranched alkanes of at least 4 members (excludes halogenated alkanes) is 2. The lowest BCUT2D eigenvalue weighted by Crippen LogP contribution is -2.21. The number of aliphatic carboxylic acids is 1. The van der Waals surface area contributed by atoms with E-state index in [9.17, 15) is 18.8 Å². The van der Waals surface area contributed by atoms with Gasteiger partial charge in [-0.1, -0.05) is 38.8 Å². The van der Waals surface area contributed by atoms with Crippen molar-refractivity contribution in [1.82, 2.24) is 0 Å². The maximum absolute atomic E-state index is 13.8. The lowest BCUT2D eigenvalue weighted by molar-refractivity contribution is -0.137. The van der Waals surface area contributed by atoms with Gasteiger partial charge >= 0.3 is 5.97 Å². The van der Waals surface area contributed by atoms with Crippen molar-refractivity contribution in [2.45, 2.75) is 84.2 Å². The number of carbonyl (C=O) groups is 3. The van der Waals surface area contributed by atoms with Crippen LogP contribution in [0.4, 0.5) is 4.39 Å². The molecule has 1 aliphatic carbocycles. The van der Waals surface area contributed by atoms with E-state index < -0.39 is 12.1 Å². The Kier molecular flexibility index (Phi) is 10.4. The van der Waals surface area contributed by atoms with Crippen LogP contribution < -0.4 is 0 Å². The number of carboxylic acids is 1. The van der Waals surface area contributed by atoms with Gasteiger partial charge in [0.05, 0.1) is 0 Å². The Morgan fingerprint density at radius 2 is 2.00 bits per heavy atom. The molecule has 0 heterocycles. The van der Waals surface area contributed by atoms with Crippen molar-refractivity contribution in [2.24, 2.45) is 17.8 Å². The zero-order valence-corrected chi connectivity index (χ0v) is 16.1. The van der Waals surface area contributed by atoms with E-state index >= 15 is 0 Å². The summed E-state index contributed by atoms with van der Waals surface area (Å²) in [6, 6.07) is 0. The van der Waals surface area contributed by atoms with E-state index in [2.05, 4.69) is 0 Å². The molecule has 0 bridgehead atoms. The normalized spacial score (nSPS) is 24.3. The minimum absolute atomic E-state index is 0.0952. The molecule has 0 saturated heterocycles. The first-order valence-electron chi connectivity index (χ1n) is 9.93. The predicted octanol–water partition coefficient (Wildman–Crippen LogP) is 4.91. The van der Waals surface area contributed by atoms with Gasteiger partial charge in [-0.2, -0.15) is 0 Å². The number of hydrogen-bond acceptors (Lipinski definition) is 3. The molecule has 1 fully saturated rings. The summed E-state index contributed by atoms with van der Waals surface area (Å²) in [7, 11) is 0. The number of alkyl halides is 1. The van der Waals surface area contributed by atoms with Crippen molar-refractivity contribution in [3.8, 4) is 0 Å². The molecule has 0 aromatic heterocycles. The fourth-order valence-electron chi connectivity index (χ4n) is 3.79. The Labute approximate surface area is 156 Å². The van der Waals surface area contributed by atoms with E-state index in [1.54, 1.807) is 0 Å². The average molecular weight is 368 g/mol. The molecule has 4 atom stereocenters. The highest BCUT2D eigenvalue weighted by molar-refractivity contribution is 5.85. The molecule has 0 aromatic carbocycles. The Morgan fingerprint density at radius 1 is 1.27 bits per heavy atom. The third-order valence-corrected chi connectivity index (χ3v) is 5.39. The number of rotatable bonds is 13. The van der Waals surface area contributed by atoms with E-state index in [1.165, 1.54) is 0 Å². The fourth-order valence-corrected chi connectivity index (χ4v) is 3.79. The molecule has 0 amide bonds. The van der Waals surface area contributed by atoms with Gasteiger partial charge in [-0.15, -0.1) is 0 Å². The summed E-state index contributed by atoms with van der Waals surface area (Å²) in [4.78, 5) is 34.7. The second-order valence-corrected chi connectivity index (χ2v) is 7.53. The first kappa shape index (κ1) is 22.5. The van der Waals surface area contributed by atoms with Crippen molar-refractivity contribution < 1.29 is 23.9 Å². The zero-order valence-electron chi connectivity index (χ0n) is 16.1. The summed E-state index contributed by atoms with van der Waals surface area (Å²) in [5, 5.41) is 8.61. The summed E-state index contributed by atoms with van der Waals surface area (Å²) < 4.78 is 13.8. The van der Waals surface area contributed by atoms with Gasteiger partial charge in [0.1, 0.15) is 5.78 Å². The summed E-state index contributed by atoms with van der Waals surface area (Å²) in [5.74, 6) is -0.626. The summed E-state index contributed by atoms with van der Waals surface area (Å²) in [5.41, 5.74) is 0. The Bertz CT molecular complexity index is 500. The van der Waals surface area contributed by atoms with Crippen LogP contribution >= 0.6 is 0 Å². The zero-order chi connectivity index (χ0) is 19.5. The van der Waals surface area contributed by atoms with Crippen LogP contribution in [0.2, 0.25) is 0 Å². The SMILES string of the molecule is CCCC[C@@H](F)C(=O)CC[C@H]1[C@H](C)CC(=O)[C@@H]1C/C=C\CCCC(=O)O. The van der Waals surface area contributed by atoms with Gasteiger partial charge in [0.25, 0.3) is 0 Å². The second-order valence-electron chi connectivity index (χ2n) is 7.53. The van der Waals surface area contributed by atoms with Crippen LogP contribution in [0.3, 0.4) is 0 Å². The second kappa shape index (κ2) is 12.0. The molecule has 0 spiro atoms. The first-order valence-corrected chi connectivity index (χ1v) is 9.93. The van der Waals surface area contributed by atoms with Crippen LogP contribution in [0.25, 0.3) is 0 Å². The largest absolute Gasteiger partial charge is 0.481 e. The minimum atomic E-state index is -1.37. The quantitative estimate of drug-likeness (QED) is 0.370. The molecule has 1 aliphatic rings. The number of ketones is 2. The van der Waals surface area contributed by atoms with Crippen molar-refractivity contribution >= 4 is 17.5 Å². The molecule has 1 saturated carbocycles. The maximum atomic E-state index is 13.8. The number of hydrogen-bond donors (Lipinski definition) is 1. The van der Waals surface area contributed by atoms with Crippen molar-refractivity contribution in [2.75, 3.05) is 0 Å². The van der Waals surface area contributed by atoms with Gasteiger partial charge in [-0.25, -0.2) is 4.39 Å². The highest BCUT2D eigenvalue weighted by Crippen LogP contribution is 2.39. The standard InChI is InChI=1S/C21H33FO4/c1-3-4-10-18(22)19(23)13-12-16-15(2)14-20(24)17(16)9-7-5-6-8-11-21(25)26/h5,7,15-18H,3-4,6,8-14H2,1-2H3,(H,25,26)/b7-5-/t15-,16+,17-,18-/m1/s1. The molecular formula is C21H33FO4. The lowest BCUT2D eigenvalue weighted by Gasteiger charge is -2.21. The van der Waals surface area contributed by atoms with Crippen LogP contribution in [0.1, 0.15) is 78.1 Å². The number of carbonyl (C=O) groups excluding carboxylic acids is 2. The van der Waals surface area contributed by atoms with Crippen LogP contribution in [-0.2, 0) is 14.4 Å². The van der Waals surface area contributed by atoms with Crippen molar-refractivity contribution in [3.63, 3.8) is 0 Å². The average Bonchev–Trinajstić information content (AvgIpc) is 2.86. The van der Waals surface area contributed by atoms with Crippen LogP contribution in [0.5, 0.6) is 0 Å². The van der Waals surface area contributed by atoms with Crippen LogP contribution in [-0.4, -0.2) is 28.8 Å². The van der Waals surface area contributed by atoms with Crippen molar-refractivity contribution in [3.05, 3.63) is 12.2 Å². The minimum Gasteiger partial charge on any atom is -0.481 e. The summed E-state index contributed by atoms with van der Waals surface area (Å²) in [6.45, 7) is 4.01. The molecule has 0 aromatic rings. The first-order chi connectivity index (χ1) is 12.4. The number of halogens is 1. The third-order valence-electron chi connectivity index (χ3n) is 5.39. The summed E-state index contributed by atoms with van der Waals surface area (Å²) in [6.07, 6.45) is 7.81. The number of carboxylic acid groups (broad SMARTS) is 1. The molecule has 26 heavy (non-hydrogen) atoms. The van der Waals surface area contributed by atoms with Gasteiger partial charge in [0.2, 0.25) is 0 Å². The number of Topliss-reactive ketones (excluding diaryl/α,β-unsaturated/α-hetero) is 2. The smallest absolute Gasteiger partial charge is 0.303 e. The highest BCUT2D eigenvalue weighted by Gasteiger charge is 2.39. The molecule has 0 radical (unpaired) electrons. The molecular weight excluding hydrogens is 335 g/mol. The monoisotopic (exact) mass is 368 g/mol. The summed E-state index contributed by atoms with van der Waals surface area (Å²) >= 11 is 0. The third kappa shape index (κ3) is 7.79. The molecule has 1 N–H and O–H groups in total. The van der Waals surface area contributed by atoms with Crippen LogP contribution in [0.15, 0.2) is 12.2 Å². The van der Waals surface area contributed by atoms with Gasteiger partial charge in [-0.05, 0) is 43.9 Å². The van der Waals surface area contributed by atoms with E-state index in [0.717, 1.165) is 12.8 Å². The van der Waals surface area contributed by atoms with E-state index in [1.807, 2.05) is 26.0 Å². The van der Waals surface area contributed by atoms with Gasteiger partial charge < -0.3 is 5.11 Å². The van der Waals surface area contributed by atoms with Crippen molar-refractivity contribution in [1.29, 1.82) is 0 Å². The maximum Gasteiger partial charge on any atom is 0.303 e. The lowest BCUT2D eigenvalue weighted by atomic mass is 9.83. The molecule has 1 rings (SSSR count). The Morgan fingerprint density at radius 3 is 2.65 bits per heavy atom. The molecule has 5 heteroatoms. The molecule has 148 valence electrons. The van der Waals surface area contributed by atoms with Gasteiger partial charge in [-0.3, -0.25) is 14.4 Å². The van der Waals surface area contributed by atoms with Crippen LogP contribution in [0, 0.1) is 17.8 Å². The Hall–Kier alpha value is -1.52. The highest BCUT2D eigenvalue weighted by atomic mass is 19.1. The number of allylic oxidation sites excluding steroid dienone is 2. The van der Waals surface area contributed by atoms with E-state index in [0.29, 0.717) is 38.5 Å². The molecule has 0 unspecified atom stereocenters. The topological polar surface area (TPSA) is 71.4 Å². The molecule has 4 nitrogen and oxygen atoms in total. The molecule has 0 aliphatic heterocycles. The van der Waals surface area contributed by atoms with E-state index in [-0.39, 0.29) is 42.2 Å². The Balaban J connectivity index is 2.46. The predicted molar refractivity (Wildman–Crippen MR) is 99.7 cm³/mol.